The molecule has 0 aliphatic rings. The Morgan fingerprint density at radius 1 is 1.54 bits per heavy atom. The van der Waals surface area contributed by atoms with Gasteiger partial charge in [-0.1, -0.05) is 6.92 Å². The van der Waals surface area contributed by atoms with Gasteiger partial charge < -0.3 is 10.8 Å². The molecule has 0 rings (SSSR count). The third-order valence-corrected chi connectivity index (χ3v) is 1.60. The van der Waals surface area contributed by atoms with E-state index in [0.29, 0.717) is 0 Å². The minimum Gasteiger partial charge on any atom is -0.481 e. The number of nitrogens with two attached hydrogens (primary N) is 1. The van der Waals surface area contributed by atoms with Gasteiger partial charge in [-0.15, -0.1) is 0 Å². The van der Waals surface area contributed by atoms with Crippen molar-refractivity contribution in [1.82, 2.24) is 0 Å². The molecule has 0 aliphatic carbocycles. The highest BCUT2D eigenvalue weighted by molar-refractivity contribution is 5.66. The third kappa shape index (κ3) is 5.46. The molecule has 2 atom stereocenters. The summed E-state index contributed by atoms with van der Waals surface area (Å²) in [5, 5.41) is 8.28. The zero-order valence-electron chi connectivity index (χ0n) is 7.14. The standard InChI is InChI=1S/C7H12F3NO2/c1-4(3-6(12)13)2-5(11)7(8,9)10/h4-5H,2-3,11H2,1H3,(H,12,13). The first-order valence-electron chi connectivity index (χ1n) is 3.77. The molecule has 0 saturated carbocycles. The maximum absolute atomic E-state index is 11.9. The molecule has 0 amide bonds. The molecular formula is C7H12F3NO2. The van der Waals surface area contributed by atoms with Gasteiger partial charge in [0.15, 0.2) is 0 Å². The van der Waals surface area contributed by atoms with Crippen LogP contribution in [0.4, 0.5) is 13.2 Å². The summed E-state index contributed by atoms with van der Waals surface area (Å²) < 4.78 is 35.6. The maximum Gasteiger partial charge on any atom is 0.403 e. The molecule has 78 valence electrons. The van der Waals surface area contributed by atoms with Crippen molar-refractivity contribution in [2.45, 2.75) is 32.0 Å². The highest BCUT2D eigenvalue weighted by Gasteiger charge is 2.37. The lowest BCUT2D eigenvalue weighted by molar-refractivity contribution is -0.153. The van der Waals surface area contributed by atoms with Crippen molar-refractivity contribution in [3.05, 3.63) is 0 Å². The zero-order chi connectivity index (χ0) is 10.6. The quantitative estimate of drug-likeness (QED) is 0.718. The average molecular weight is 199 g/mol. The number of alkyl halides is 3. The summed E-state index contributed by atoms with van der Waals surface area (Å²) in [7, 11) is 0. The van der Waals surface area contributed by atoms with Crippen LogP contribution in [0.25, 0.3) is 0 Å². The van der Waals surface area contributed by atoms with Crippen LogP contribution in [0.2, 0.25) is 0 Å². The minimum absolute atomic E-state index is 0.288. The SMILES string of the molecule is CC(CC(=O)O)CC(N)C(F)(F)F. The number of rotatable bonds is 4. The molecule has 3 N–H and O–H groups in total. The van der Waals surface area contributed by atoms with Gasteiger partial charge in [0, 0.05) is 6.42 Å². The third-order valence-electron chi connectivity index (χ3n) is 1.60. The largest absolute Gasteiger partial charge is 0.481 e. The van der Waals surface area contributed by atoms with Crippen LogP contribution >= 0.6 is 0 Å². The number of aliphatic carboxylic acids is 1. The lowest BCUT2D eigenvalue weighted by Crippen LogP contribution is -2.38. The van der Waals surface area contributed by atoms with Gasteiger partial charge in [0.2, 0.25) is 0 Å². The number of carboxylic acid groups (broad SMARTS) is 1. The van der Waals surface area contributed by atoms with Crippen molar-refractivity contribution in [3.63, 3.8) is 0 Å². The van der Waals surface area contributed by atoms with E-state index in [4.69, 9.17) is 10.8 Å². The van der Waals surface area contributed by atoms with E-state index < -0.39 is 24.1 Å². The summed E-state index contributed by atoms with van der Waals surface area (Å²) in [5.41, 5.74) is 4.81. The van der Waals surface area contributed by atoms with Crippen LogP contribution in [0.5, 0.6) is 0 Å². The molecule has 0 aromatic rings. The first-order valence-corrected chi connectivity index (χ1v) is 3.77. The molecule has 6 heteroatoms. The first kappa shape index (κ1) is 12.2. The monoisotopic (exact) mass is 199 g/mol. The molecule has 2 unspecified atom stereocenters. The zero-order valence-corrected chi connectivity index (χ0v) is 7.14. The Morgan fingerprint density at radius 3 is 2.31 bits per heavy atom. The molecule has 0 bridgehead atoms. The van der Waals surface area contributed by atoms with Gasteiger partial charge in [-0.3, -0.25) is 4.79 Å². The molecule has 3 nitrogen and oxygen atoms in total. The predicted octanol–water partition coefficient (Wildman–Crippen LogP) is 1.38. The molecule has 0 spiro atoms. The molecule has 0 heterocycles. The lowest BCUT2D eigenvalue weighted by Gasteiger charge is -2.18. The smallest absolute Gasteiger partial charge is 0.403 e. The van der Waals surface area contributed by atoms with Gasteiger partial charge in [-0.05, 0) is 12.3 Å². The van der Waals surface area contributed by atoms with Crippen LogP contribution in [0.15, 0.2) is 0 Å². The van der Waals surface area contributed by atoms with E-state index in [1.807, 2.05) is 0 Å². The van der Waals surface area contributed by atoms with Crippen molar-refractivity contribution in [3.8, 4) is 0 Å². The number of halogens is 3. The Morgan fingerprint density at radius 2 is 2.00 bits per heavy atom. The van der Waals surface area contributed by atoms with Gasteiger partial charge in [-0.25, -0.2) is 0 Å². The van der Waals surface area contributed by atoms with Crippen molar-refractivity contribution in [2.24, 2.45) is 11.7 Å². The average Bonchev–Trinajstić information content (AvgIpc) is 1.82. The predicted molar refractivity (Wildman–Crippen MR) is 40.1 cm³/mol. The molecule has 0 saturated heterocycles. The second kappa shape index (κ2) is 4.45. The molecule has 0 aromatic carbocycles. The Kier molecular flexibility index (Phi) is 4.19. The molecular weight excluding hydrogens is 187 g/mol. The number of carboxylic acids is 1. The number of hydrogen-bond acceptors (Lipinski definition) is 2. The normalized spacial score (nSPS) is 16.7. The summed E-state index contributed by atoms with van der Waals surface area (Å²) >= 11 is 0. The van der Waals surface area contributed by atoms with E-state index in [-0.39, 0.29) is 12.8 Å². The Labute approximate surface area is 73.7 Å². The van der Waals surface area contributed by atoms with Crippen LogP contribution in [-0.2, 0) is 4.79 Å². The van der Waals surface area contributed by atoms with Crippen LogP contribution in [-0.4, -0.2) is 23.3 Å². The summed E-state index contributed by atoms with van der Waals surface area (Å²) in [6.45, 7) is 1.43. The molecule has 13 heavy (non-hydrogen) atoms. The van der Waals surface area contributed by atoms with Gasteiger partial charge in [0.05, 0.1) is 0 Å². The Balaban J connectivity index is 3.92. The van der Waals surface area contributed by atoms with E-state index in [0.717, 1.165) is 0 Å². The van der Waals surface area contributed by atoms with Gasteiger partial charge in [0.25, 0.3) is 0 Å². The number of hydrogen-bond donors (Lipinski definition) is 2. The first-order chi connectivity index (χ1) is 5.73. The summed E-state index contributed by atoms with van der Waals surface area (Å²) in [6.07, 6.45) is -5.08. The fraction of sp³-hybridized carbons (Fsp3) is 0.857. The highest BCUT2D eigenvalue weighted by Crippen LogP contribution is 2.24. The Bertz CT molecular complexity index is 181. The molecule has 0 aromatic heterocycles. The summed E-state index contributed by atoms with van der Waals surface area (Å²) in [4.78, 5) is 10.1. The number of carbonyl (C=O) groups is 1. The highest BCUT2D eigenvalue weighted by atomic mass is 19.4. The summed E-state index contributed by atoms with van der Waals surface area (Å²) in [5.74, 6) is -1.67. The topological polar surface area (TPSA) is 63.3 Å². The van der Waals surface area contributed by atoms with Crippen LogP contribution in [0.3, 0.4) is 0 Å². The van der Waals surface area contributed by atoms with E-state index in [1.54, 1.807) is 0 Å². The van der Waals surface area contributed by atoms with E-state index >= 15 is 0 Å². The van der Waals surface area contributed by atoms with Crippen molar-refractivity contribution in [2.75, 3.05) is 0 Å². The van der Waals surface area contributed by atoms with Gasteiger partial charge in [0.1, 0.15) is 6.04 Å². The molecule has 0 aliphatic heterocycles. The van der Waals surface area contributed by atoms with E-state index in [9.17, 15) is 18.0 Å². The van der Waals surface area contributed by atoms with Crippen LogP contribution in [0.1, 0.15) is 19.8 Å². The summed E-state index contributed by atoms with van der Waals surface area (Å²) in [6, 6.07) is -1.93. The minimum atomic E-state index is -4.44. The van der Waals surface area contributed by atoms with Crippen molar-refractivity contribution in [1.29, 1.82) is 0 Å². The second-order valence-electron chi connectivity index (χ2n) is 3.09. The Hall–Kier alpha value is -0.780. The van der Waals surface area contributed by atoms with Crippen molar-refractivity contribution < 1.29 is 23.1 Å². The molecule has 0 fully saturated rings. The van der Waals surface area contributed by atoms with Gasteiger partial charge in [-0.2, -0.15) is 13.2 Å². The van der Waals surface area contributed by atoms with Crippen LogP contribution < -0.4 is 5.73 Å². The van der Waals surface area contributed by atoms with Gasteiger partial charge >= 0.3 is 12.1 Å². The lowest BCUT2D eigenvalue weighted by atomic mass is 9.99. The fourth-order valence-electron chi connectivity index (χ4n) is 0.949. The maximum atomic E-state index is 11.9. The molecule has 0 radical (unpaired) electrons. The fourth-order valence-corrected chi connectivity index (χ4v) is 0.949. The van der Waals surface area contributed by atoms with E-state index in [1.165, 1.54) is 6.92 Å². The van der Waals surface area contributed by atoms with Crippen molar-refractivity contribution >= 4 is 5.97 Å². The second-order valence-corrected chi connectivity index (χ2v) is 3.09. The van der Waals surface area contributed by atoms with Crippen LogP contribution in [0, 0.1) is 5.92 Å². The van der Waals surface area contributed by atoms with E-state index in [2.05, 4.69) is 0 Å².